The molecule has 0 unspecified atom stereocenters. The smallest absolute Gasteiger partial charge is 0.214 e. The first-order valence-corrected chi connectivity index (χ1v) is 7.35. The predicted octanol–water partition coefficient (Wildman–Crippen LogP) is 3.77. The van der Waals surface area contributed by atoms with Gasteiger partial charge in [0.1, 0.15) is 5.71 Å². The Morgan fingerprint density at radius 2 is 1.27 bits per heavy atom. The maximum atomic E-state index is 13.0. The average Bonchev–Trinajstić information content (AvgIpc) is 2.53. The highest BCUT2D eigenvalue weighted by Gasteiger charge is 2.23. The minimum atomic E-state index is -0.116. The summed E-state index contributed by atoms with van der Waals surface area (Å²) < 4.78 is 0. The van der Waals surface area contributed by atoms with E-state index in [4.69, 9.17) is 5.84 Å². The molecule has 0 fully saturated rings. The molecule has 0 spiro atoms. The molecule has 0 aliphatic heterocycles. The van der Waals surface area contributed by atoms with Crippen molar-refractivity contribution in [3.05, 3.63) is 69.3 Å². The molecule has 114 valence electrons. The molecule has 0 radical (unpaired) electrons. The Balaban J connectivity index is 2.64. The lowest BCUT2D eigenvalue weighted by molar-refractivity contribution is 0.106. The van der Waals surface area contributed by atoms with Crippen molar-refractivity contribution < 1.29 is 4.79 Å². The Hall–Kier alpha value is -2.42. The molecule has 0 atom stereocenters. The fraction of sp³-hybridized carbons (Fsp3) is 0.263. The van der Waals surface area contributed by atoms with Crippen molar-refractivity contribution in [2.45, 2.75) is 34.6 Å². The fourth-order valence-corrected chi connectivity index (χ4v) is 2.82. The monoisotopic (exact) mass is 294 g/mol. The second kappa shape index (κ2) is 6.14. The van der Waals surface area contributed by atoms with Crippen LogP contribution in [0.25, 0.3) is 0 Å². The molecule has 2 aromatic rings. The van der Waals surface area contributed by atoms with Crippen molar-refractivity contribution in [2.75, 3.05) is 0 Å². The number of nitrogens with two attached hydrogens (primary N) is 1. The lowest BCUT2D eigenvalue weighted by Gasteiger charge is -2.18. The molecule has 0 bridgehead atoms. The van der Waals surface area contributed by atoms with Crippen molar-refractivity contribution in [3.8, 4) is 0 Å². The summed E-state index contributed by atoms with van der Waals surface area (Å²) in [5.41, 5.74) is 7.29. The molecule has 22 heavy (non-hydrogen) atoms. The highest BCUT2D eigenvalue weighted by atomic mass is 16.1. The zero-order chi connectivity index (χ0) is 16.4. The van der Waals surface area contributed by atoms with Crippen LogP contribution in [0.15, 0.2) is 35.4 Å². The Morgan fingerprint density at radius 1 is 0.818 bits per heavy atom. The Bertz CT molecular complexity index is 730. The van der Waals surface area contributed by atoms with Gasteiger partial charge in [-0.2, -0.15) is 5.10 Å². The van der Waals surface area contributed by atoms with Crippen molar-refractivity contribution in [2.24, 2.45) is 10.9 Å². The van der Waals surface area contributed by atoms with E-state index < -0.39 is 0 Å². The standard InChI is InChI=1S/C19H22N2O/c1-11-12(2)14(4)17(15(5)13(11)3)19(22)18(21-20)16-9-7-6-8-10-16/h6-10H,20H2,1-5H3/b21-18+. The third-order valence-corrected chi connectivity index (χ3v) is 4.62. The van der Waals surface area contributed by atoms with Crippen molar-refractivity contribution >= 4 is 11.5 Å². The number of benzene rings is 2. The van der Waals surface area contributed by atoms with E-state index in [0.717, 1.165) is 27.8 Å². The third-order valence-electron chi connectivity index (χ3n) is 4.62. The van der Waals surface area contributed by atoms with Gasteiger partial charge in [-0.3, -0.25) is 4.79 Å². The number of hydrogen-bond acceptors (Lipinski definition) is 3. The second-order valence-corrected chi connectivity index (χ2v) is 5.67. The Morgan fingerprint density at radius 3 is 1.73 bits per heavy atom. The van der Waals surface area contributed by atoms with Gasteiger partial charge in [0, 0.05) is 11.1 Å². The van der Waals surface area contributed by atoms with Gasteiger partial charge in [0.2, 0.25) is 5.78 Å². The normalized spacial score (nSPS) is 11.6. The summed E-state index contributed by atoms with van der Waals surface area (Å²) in [6.07, 6.45) is 0. The molecule has 0 aliphatic carbocycles. The van der Waals surface area contributed by atoms with E-state index in [-0.39, 0.29) is 5.78 Å². The van der Waals surface area contributed by atoms with E-state index in [9.17, 15) is 4.79 Å². The van der Waals surface area contributed by atoms with Crippen LogP contribution < -0.4 is 5.84 Å². The average molecular weight is 294 g/mol. The van der Waals surface area contributed by atoms with Crippen molar-refractivity contribution in [3.63, 3.8) is 0 Å². The highest BCUT2D eigenvalue weighted by molar-refractivity contribution is 6.51. The summed E-state index contributed by atoms with van der Waals surface area (Å²) in [7, 11) is 0. The van der Waals surface area contributed by atoms with Crippen LogP contribution in [0.5, 0.6) is 0 Å². The molecular weight excluding hydrogens is 272 g/mol. The van der Waals surface area contributed by atoms with Crippen molar-refractivity contribution in [1.29, 1.82) is 0 Å². The van der Waals surface area contributed by atoms with E-state index in [1.807, 2.05) is 44.2 Å². The van der Waals surface area contributed by atoms with Gasteiger partial charge in [-0.05, 0) is 62.4 Å². The molecule has 3 nitrogen and oxygen atoms in total. The molecule has 0 saturated heterocycles. The van der Waals surface area contributed by atoms with Crippen LogP contribution in [-0.2, 0) is 0 Å². The maximum Gasteiger partial charge on any atom is 0.214 e. The quantitative estimate of drug-likeness (QED) is 0.405. The van der Waals surface area contributed by atoms with E-state index in [1.54, 1.807) is 0 Å². The Kier molecular flexibility index (Phi) is 4.45. The topological polar surface area (TPSA) is 55.5 Å². The number of carbonyl (C=O) groups excluding carboxylic acids is 1. The lowest BCUT2D eigenvalue weighted by Crippen LogP contribution is -2.21. The summed E-state index contributed by atoms with van der Waals surface area (Å²) in [4.78, 5) is 13.0. The molecule has 3 heteroatoms. The first-order valence-electron chi connectivity index (χ1n) is 7.35. The molecule has 0 amide bonds. The highest BCUT2D eigenvalue weighted by Crippen LogP contribution is 2.27. The number of hydrogen-bond donors (Lipinski definition) is 1. The molecule has 2 rings (SSSR count). The zero-order valence-electron chi connectivity index (χ0n) is 13.8. The van der Waals surface area contributed by atoms with Crippen LogP contribution in [0.2, 0.25) is 0 Å². The molecular formula is C19H22N2O. The second-order valence-electron chi connectivity index (χ2n) is 5.67. The number of ketones is 1. The summed E-state index contributed by atoms with van der Waals surface area (Å²) in [5, 5.41) is 3.77. The van der Waals surface area contributed by atoms with Gasteiger partial charge in [-0.15, -0.1) is 0 Å². The SMILES string of the molecule is Cc1c(C)c(C)c(C(=O)/C(=N/N)c2ccccc2)c(C)c1C. The Labute approximate surface area is 131 Å². The predicted molar refractivity (Wildman–Crippen MR) is 91.6 cm³/mol. The first kappa shape index (κ1) is 16.0. The summed E-state index contributed by atoms with van der Waals surface area (Å²) >= 11 is 0. The molecule has 0 aromatic heterocycles. The molecule has 0 aliphatic rings. The van der Waals surface area contributed by atoms with Gasteiger partial charge < -0.3 is 5.84 Å². The third kappa shape index (κ3) is 2.54. The van der Waals surface area contributed by atoms with Crippen LogP contribution in [0.1, 0.15) is 43.7 Å². The summed E-state index contributed by atoms with van der Waals surface area (Å²) in [6, 6.07) is 9.35. The van der Waals surface area contributed by atoms with Gasteiger partial charge in [0.25, 0.3) is 0 Å². The van der Waals surface area contributed by atoms with Gasteiger partial charge in [-0.25, -0.2) is 0 Å². The van der Waals surface area contributed by atoms with Gasteiger partial charge in [0.15, 0.2) is 0 Å². The molecule has 2 aromatic carbocycles. The van der Waals surface area contributed by atoms with Crippen LogP contribution >= 0.6 is 0 Å². The van der Waals surface area contributed by atoms with Crippen LogP contribution in [0, 0.1) is 34.6 Å². The minimum Gasteiger partial charge on any atom is -0.323 e. The van der Waals surface area contributed by atoms with Crippen LogP contribution in [0.4, 0.5) is 0 Å². The zero-order valence-corrected chi connectivity index (χ0v) is 13.8. The van der Waals surface area contributed by atoms with E-state index in [2.05, 4.69) is 25.9 Å². The lowest BCUT2D eigenvalue weighted by atomic mass is 9.86. The fourth-order valence-electron chi connectivity index (χ4n) is 2.82. The number of rotatable bonds is 3. The summed E-state index contributed by atoms with van der Waals surface area (Å²) in [6.45, 7) is 10.2. The largest absolute Gasteiger partial charge is 0.323 e. The van der Waals surface area contributed by atoms with E-state index in [0.29, 0.717) is 11.3 Å². The van der Waals surface area contributed by atoms with Gasteiger partial charge >= 0.3 is 0 Å². The molecule has 0 heterocycles. The summed E-state index contributed by atoms with van der Waals surface area (Å²) in [5.74, 6) is 5.40. The van der Waals surface area contributed by atoms with Crippen molar-refractivity contribution in [1.82, 2.24) is 0 Å². The molecule has 2 N–H and O–H groups in total. The van der Waals surface area contributed by atoms with Crippen LogP contribution in [0.3, 0.4) is 0 Å². The number of nitrogens with zero attached hydrogens (tertiary/aromatic N) is 1. The number of hydrazone groups is 1. The number of carbonyl (C=O) groups is 1. The minimum absolute atomic E-state index is 0.116. The van der Waals surface area contributed by atoms with E-state index >= 15 is 0 Å². The van der Waals surface area contributed by atoms with Gasteiger partial charge in [0.05, 0.1) is 0 Å². The van der Waals surface area contributed by atoms with Gasteiger partial charge in [-0.1, -0.05) is 30.3 Å². The first-order chi connectivity index (χ1) is 10.4. The number of Topliss-reactive ketones (excluding diaryl/α,β-unsaturated/α-hetero) is 1. The van der Waals surface area contributed by atoms with Crippen LogP contribution in [-0.4, -0.2) is 11.5 Å². The van der Waals surface area contributed by atoms with E-state index in [1.165, 1.54) is 5.56 Å². The maximum absolute atomic E-state index is 13.0. The molecule has 0 saturated carbocycles.